The number of hydrogen-bond donors (Lipinski definition) is 4. The largest absolute Gasteiger partial charge is 0.507 e. The Morgan fingerprint density at radius 2 is 1.27 bits per heavy atom. The Morgan fingerprint density at radius 3 is 1.80 bits per heavy atom. The molecule has 11 heteroatoms. The van der Waals surface area contributed by atoms with Crippen LogP contribution < -0.4 is 0 Å². The van der Waals surface area contributed by atoms with Crippen LogP contribution in [0.1, 0.15) is 141 Å². The van der Waals surface area contributed by atoms with E-state index in [1.165, 1.54) is 29.9 Å². The Hall–Kier alpha value is -3.57. The maximum Gasteiger partial charge on any atom is 0.503 e. The summed E-state index contributed by atoms with van der Waals surface area (Å²) >= 11 is 0. The summed E-state index contributed by atoms with van der Waals surface area (Å²) in [6.07, 6.45) is 10.4. The third-order valence-corrected chi connectivity index (χ3v) is 11.0. The smallest absolute Gasteiger partial charge is 0.503 e. The first-order valence-electron chi connectivity index (χ1n) is 20.0. The zero-order chi connectivity index (χ0) is 40.0. The number of phenolic OH excluding ortho intramolecular Hbond substituents is 2. The molecule has 0 bridgehead atoms. The number of carboxylic acid groups (broad SMARTS) is 2. The van der Waals surface area contributed by atoms with Crippen molar-refractivity contribution in [2.24, 2.45) is 9.98 Å². The molecule has 2 aromatic rings. The van der Waals surface area contributed by atoms with Gasteiger partial charge in [-0.1, -0.05) is 87.3 Å². The van der Waals surface area contributed by atoms with Crippen LogP contribution in [0.2, 0.25) is 0 Å². The number of phenols is 2. The third kappa shape index (κ3) is 12.5. The number of aryl methyl sites for hydroxylation is 1. The Kier molecular flexibility index (Phi) is 15.9. The predicted octanol–water partition coefficient (Wildman–Crippen LogP) is 8.40. The van der Waals surface area contributed by atoms with E-state index in [0.29, 0.717) is 11.5 Å². The van der Waals surface area contributed by atoms with Crippen molar-refractivity contribution >= 4 is 24.5 Å². The number of benzene rings is 2. The molecule has 2 heterocycles. The summed E-state index contributed by atoms with van der Waals surface area (Å²) in [5.74, 6) is 2.07. The molecule has 0 amide bonds. The van der Waals surface area contributed by atoms with Gasteiger partial charge in [-0.15, -0.1) is 0 Å². The van der Waals surface area contributed by atoms with Gasteiger partial charge in [0.15, 0.2) is 0 Å². The Labute approximate surface area is 340 Å². The van der Waals surface area contributed by atoms with Crippen LogP contribution in [0.3, 0.4) is 0 Å². The molecule has 10 nitrogen and oxygen atoms in total. The van der Waals surface area contributed by atoms with E-state index in [4.69, 9.17) is 25.0 Å². The number of guanidine groups is 1. The van der Waals surface area contributed by atoms with E-state index >= 15 is 0 Å². The first-order chi connectivity index (χ1) is 25.2. The molecule has 2 fully saturated rings. The minimum atomic E-state index is -1.83. The molecule has 2 aromatic carbocycles. The van der Waals surface area contributed by atoms with Crippen LogP contribution in [0.5, 0.6) is 11.5 Å². The standard InChI is InChI=1S/C43H65N5O2.CH2O3.Co/c1-41(2,3)33-24-30(16-13-20-47-22-15-23-48-21-14-19-46(10)40(47)48)38(49)31(25-33)28-44-36-17-11-12-18-37(36)45-29-32-26-34(42(4,5)6)27-35(39(32)50)43(7,8)9;2-1(3)4;/h24-29,36-37H,11-23H2,1-10H3,(H-,44,45,49,50);(H2,2,3,4);/p+1. The van der Waals surface area contributed by atoms with Crippen LogP contribution in [-0.4, -0.2) is 111 Å². The van der Waals surface area contributed by atoms with Crippen LogP contribution in [0.15, 0.2) is 34.3 Å². The molecular weight excluding hydrogens is 737 g/mol. The molecule has 4 N–H and O–H groups in total. The van der Waals surface area contributed by atoms with Crippen LogP contribution in [0.25, 0.3) is 0 Å². The quantitative estimate of drug-likeness (QED) is 0.156. The first-order valence-corrected chi connectivity index (χ1v) is 20.0. The van der Waals surface area contributed by atoms with Crippen LogP contribution in [0.4, 0.5) is 4.79 Å². The number of rotatable bonds is 8. The average molecular weight is 806 g/mol. The SMILES string of the molecule is C[N+]1=C2N(CCCc3cc(C(C)(C)C)cc(C=NC4CCCCC4N=Cc4cc(C(C)(C)C)cc(C(C)(C)C)c4O)c3O)CCCN2CCC1.O=C(O)O.[Co]. The second-order valence-electron chi connectivity index (χ2n) is 18.5. The fourth-order valence-electron chi connectivity index (χ4n) is 7.81. The van der Waals surface area contributed by atoms with E-state index in [1.807, 2.05) is 12.4 Å². The van der Waals surface area contributed by atoms with Gasteiger partial charge in [-0.2, -0.15) is 0 Å². The van der Waals surface area contributed by atoms with Crippen LogP contribution in [-0.2, 0) is 39.4 Å². The van der Waals surface area contributed by atoms with E-state index in [-0.39, 0.29) is 45.1 Å². The molecule has 1 radical (unpaired) electrons. The van der Waals surface area contributed by atoms with Crippen molar-refractivity contribution in [1.82, 2.24) is 9.80 Å². The molecule has 2 aliphatic heterocycles. The van der Waals surface area contributed by atoms with E-state index in [2.05, 4.69) is 108 Å². The number of carbonyl (C=O) groups is 1. The number of fused-ring (bicyclic) bond motifs is 1. The maximum atomic E-state index is 11.6. The molecule has 5 rings (SSSR count). The fraction of sp³-hybridized carbons (Fsp3) is 0.636. The molecule has 2 atom stereocenters. The Bertz CT molecular complexity index is 1710. The van der Waals surface area contributed by atoms with Gasteiger partial charge in [0.1, 0.15) is 11.5 Å². The van der Waals surface area contributed by atoms with Crippen molar-refractivity contribution < 1.29 is 46.6 Å². The zero-order valence-corrected chi connectivity index (χ0v) is 36.1. The van der Waals surface area contributed by atoms with Crippen molar-refractivity contribution in [1.29, 1.82) is 0 Å². The van der Waals surface area contributed by atoms with Gasteiger partial charge in [-0.05, 0) is 70.8 Å². The van der Waals surface area contributed by atoms with Crippen molar-refractivity contribution in [3.05, 3.63) is 57.6 Å². The first kappa shape index (κ1) is 45.8. The van der Waals surface area contributed by atoms with E-state index < -0.39 is 6.16 Å². The van der Waals surface area contributed by atoms with Gasteiger partial charge in [0.25, 0.3) is 0 Å². The minimum absolute atomic E-state index is 0. The summed E-state index contributed by atoms with van der Waals surface area (Å²) in [7, 11) is 2.23. The average Bonchev–Trinajstić information content (AvgIpc) is 3.06. The zero-order valence-electron chi connectivity index (χ0n) is 35.1. The monoisotopic (exact) mass is 805 g/mol. The topological polar surface area (TPSA) is 132 Å². The second kappa shape index (κ2) is 19.0. The van der Waals surface area contributed by atoms with Gasteiger partial charge in [-0.25, -0.2) is 4.79 Å². The van der Waals surface area contributed by atoms with Crippen molar-refractivity contribution in [3.8, 4) is 11.5 Å². The minimum Gasteiger partial charge on any atom is -0.507 e. The van der Waals surface area contributed by atoms with Gasteiger partial charge >= 0.3 is 12.1 Å². The Balaban J connectivity index is 0.00000155. The summed E-state index contributed by atoms with van der Waals surface area (Å²) in [5.41, 5.74) is 5.68. The number of nitrogens with zero attached hydrogens (tertiary/aromatic N) is 5. The van der Waals surface area contributed by atoms with Gasteiger partial charge in [-0.3, -0.25) is 24.4 Å². The predicted molar refractivity (Wildman–Crippen MR) is 221 cm³/mol. The Morgan fingerprint density at radius 1 is 0.764 bits per heavy atom. The number of aromatic hydroxyl groups is 2. The van der Waals surface area contributed by atoms with Crippen LogP contribution >= 0.6 is 0 Å². The molecule has 55 heavy (non-hydrogen) atoms. The molecule has 0 spiro atoms. The molecule has 1 aliphatic carbocycles. The van der Waals surface area contributed by atoms with Crippen molar-refractivity contribution in [2.45, 2.75) is 142 Å². The normalized spacial score (nSPS) is 19.6. The number of hydrogen-bond acceptors (Lipinski definition) is 7. The van der Waals surface area contributed by atoms with Crippen molar-refractivity contribution in [3.63, 3.8) is 0 Å². The van der Waals surface area contributed by atoms with E-state index in [0.717, 1.165) is 93.5 Å². The molecule has 3 aliphatic rings. The molecular formula is C44H68CoN5O5+. The third-order valence-electron chi connectivity index (χ3n) is 11.0. The maximum absolute atomic E-state index is 11.6. The summed E-state index contributed by atoms with van der Waals surface area (Å²) in [4.78, 5) is 23.9. The fourth-order valence-corrected chi connectivity index (χ4v) is 7.81. The van der Waals surface area contributed by atoms with Gasteiger partial charge < -0.3 is 20.4 Å². The summed E-state index contributed by atoms with van der Waals surface area (Å²) in [5, 5.41) is 36.9. The molecule has 1 saturated carbocycles. The summed E-state index contributed by atoms with van der Waals surface area (Å²) < 4.78 is 2.42. The van der Waals surface area contributed by atoms with Gasteiger partial charge in [0.2, 0.25) is 0 Å². The molecule has 0 aromatic heterocycles. The number of aliphatic imine (C=N–C) groups is 2. The summed E-state index contributed by atoms with van der Waals surface area (Å²) in [6, 6.07) is 8.66. The molecule has 307 valence electrons. The van der Waals surface area contributed by atoms with E-state index in [1.54, 1.807) is 0 Å². The van der Waals surface area contributed by atoms with Gasteiger partial charge in [0, 0.05) is 58.7 Å². The van der Waals surface area contributed by atoms with Crippen LogP contribution in [0, 0.1) is 0 Å². The van der Waals surface area contributed by atoms with Gasteiger partial charge in [0.05, 0.1) is 51.9 Å². The summed E-state index contributed by atoms with van der Waals surface area (Å²) in [6.45, 7) is 25.3. The van der Waals surface area contributed by atoms with Crippen molar-refractivity contribution in [2.75, 3.05) is 39.8 Å². The molecule has 2 unspecified atom stereocenters. The molecule has 1 saturated heterocycles. The second-order valence-corrected chi connectivity index (χ2v) is 18.5. The van der Waals surface area contributed by atoms with E-state index in [9.17, 15) is 10.2 Å².